The molecule has 120 valence electrons. The second-order valence-corrected chi connectivity index (χ2v) is 8.20. The Balaban J connectivity index is 1.88. The number of rotatable bonds is 3. The topological polar surface area (TPSA) is 40.6 Å². The summed E-state index contributed by atoms with van der Waals surface area (Å²) in [6, 6.07) is 11.6. The molecule has 0 N–H and O–H groups in total. The molecule has 1 aromatic carbocycles. The van der Waals surface area contributed by atoms with E-state index in [1.165, 1.54) is 11.8 Å². The Hall–Kier alpha value is -1.79. The van der Waals surface area contributed by atoms with Crippen LogP contribution in [0.5, 0.6) is 0 Å². The maximum atomic E-state index is 13.0. The lowest BCUT2D eigenvalue weighted by Gasteiger charge is -2.38. The minimum atomic E-state index is -1.13. The fourth-order valence-corrected chi connectivity index (χ4v) is 4.84. The third kappa shape index (κ3) is 2.77. The minimum absolute atomic E-state index is 0.165. The van der Waals surface area contributed by atoms with E-state index >= 15 is 0 Å². The van der Waals surface area contributed by atoms with Crippen LogP contribution in [0.2, 0.25) is 0 Å². The first-order chi connectivity index (χ1) is 10.9. The zero-order chi connectivity index (χ0) is 16.6. The predicted molar refractivity (Wildman–Crippen MR) is 94.9 cm³/mol. The van der Waals surface area contributed by atoms with Crippen molar-refractivity contribution in [1.82, 2.24) is 4.90 Å². The number of fused-ring (bicyclic) bond motifs is 1. The molecule has 0 bridgehead atoms. The van der Waals surface area contributed by atoms with Gasteiger partial charge in [0.2, 0.25) is 5.91 Å². The number of thiophene rings is 1. The van der Waals surface area contributed by atoms with Crippen molar-refractivity contribution in [3.63, 3.8) is 0 Å². The number of carbonyl (C=O) groups is 2. The molecule has 0 unspecified atom stereocenters. The van der Waals surface area contributed by atoms with Gasteiger partial charge in [-0.15, -0.1) is 11.3 Å². The monoisotopic (exact) mass is 346 g/mol. The molecular weight excluding hydrogens is 328 g/mol. The molecule has 1 aliphatic heterocycles. The van der Waals surface area contributed by atoms with E-state index in [0.29, 0.717) is 6.54 Å². The Labute approximate surface area is 144 Å². The van der Waals surface area contributed by atoms with Crippen LogP contribution < -0.4 is 4.90 Å². The number of benzene rings is 1. The second-order valence-electron chi connectivity index (χ2n) is 5.71. The summed E-state index contributed by atoms with van der Waals surface area (Å²) in [5.74, 6) is -0.341. The number of carbonyl (C=O) groups excluding carboxylic acids is 2. The van der Waals surface area contributed by atoms with Crippen LogP contribution in [-0.4, -0.2) is 35.6 Å². The van der Waals surface area contributed by atoms with Gasteiger partial charge in [-0.2, -0.15) is 0 Å². The molecule has 0 saturated carbocycles. The molecule has 23 heavy (non-hydrogen) atoms. The van der Waals surface area contributed by atoms with E-state index in [9.17, 15) is 9.59 Å². The molecule has 1 aromatic heterocycles. The Kier molecular flexibility index (Phi) is 4.21. The summed E-state index contributed by atoms with van der Waals surface area (Å²) < 4.78 is -1.13. The van der Waals surface area contributed by atoms with Crippen molar-refractivity contribution in [2.75, 3.05) is 19.0 Å². The molecule has 2 heterocycles. The first-order valence-corrected chi connectivity index (χ1v) is 8.97. The zero-order valence-electron chi connectivity index (χ0n) is 13.3. The fraction of sp³-hybridized carbons (Fsp3) is 0.294. The molecule has 1 aliphatic rings. The lowest BCUT2D eigenvalue weighted by molar-refractivity contribution is -0.137. The second kappa shape index (κ2) is 6.02. The summed E-state index contributed by atoms with van der Waals surface area (Å²) in [5, 5.41) is 1.99. The molecule has 3 rings (SSSR count). The first kappa shape index (κ1) is 16.1. The van der Waals surface area contributed by atoms with E-state index in [1.54, 1.807) is 42.2 Å². The molecule has 0 saturated heterocycles. The van der Waals surface area contributed by atoms with Crippen molar-refractivity contribution in [1.29, 1.82) is 0 Å². The van der Waals surface area contributed by atoms with E-state index in [-0.39, 0.29) is 11.8 Å². The molecule has 1 atom stereocenters. The number of para-hydroxylation sites is 1. The summed E-state index contributed by atoms with van der Waals surface area (Å²) in [5.41, 5.74) is 0.855. The van der Waals surface area contributed by atoms with Crippen molar-refractivity contribution in [2.24, 2.45) is 0 Å². The lowest BCUT2D eigenvalue weighted by Crippen LogP contribution is -2.55. The van der Waals surface area contributed by atoms with Crippen LogP contribution in [0.1, 0.15) is 11.8 Å². The van der Waals surface area contributed by atoms with Gasteiger partial charge in [0.05, 0.1) is 12.2 Å². The Morgan fingerprint density at radius 1 is 1.26 bits per heavy atom. The summed E-state index contributed by atoms with van der Waals surface area (Å²) >= 11 is 2.95. The van der Waals surface area contributed by atoms with Gasteiger partial charge in [-0.3, -0.25) is 9.59 Å². The number of hydrogen-bond donors (Lipinski definition) is 0. The normalized spacial score (nSPS) is 20.3. The van der Waals surface area contributed by atoms with Gasteiger partial charge in [-0.1, -0.05) is 30.0 Å². The number of hydrogen-bond acceptors (Lipinski definition) is 4. The van der Waals surface area contributed by atoms with E-state index < -0.39 is 4.75 Å². The predicted octanol–water partition coefficient (Wildman–Crippen LogP) is 3.23. The van der Waals surface area contributed by atoms with Crippen molar-refractivity contribution >= 4 is 40.6 Å². The molecule has 2 amide bonds. The maximum absolute atomic E-state index is 13.0. The SMILES string of the molecule is CN(Cc1cccs1)C(=O)[C@@]1(C)Sc2ccccc2N(C)C1=O. The Bertz CT molecular complexity index is 745. The van der Waals surface area contributed by atoms with E-state index in [1.807, 2.05) is 41.8 Å². The fourth-order valence-electron chi connectivity index (χ4n) is 2.72. The van der Waals surface area contributed by atoms with Crippen LogP contribution in [0.15, 0.2) is 46.7 Å². The standard InChI is InChI=1S/C17H18N2O2S2/c1-17(15(20)18(2)11-12-7-6-10-22-12)16(21)19(3)13-8-4-5-9-14(13)23-17/h4-10H,11H2,1-3H3/t17-/m1/s1. The highest BCUT2D eigenvalue weighted by atomic mass is 32.2. The van der Waals surface area contributed by atoms with Gasteiger partial charge in [-0.25, -0.2) is 0 Å². The number of anilines is 1. The van der Waals surface area contributed by atoms with Crippen LogP contribution in [-0.2, 0) is 16.1 Å². The van der Waals surface area contributed by atoms with Gasteiger partial charge in [-0.05, 0) is 30.5 Å². The van der Waals surface area contributed by atoms with E-state index in [4.69, 9.17) is 0 Å². The van der Waals surface area contributed by atoms with Crippen LogP contribution >= 0.6 is 23.1 Å². The Morgan fingerprint density at radius 2 is 2.00 bits per heavy atom. The highest BCUT2D eigenvalue weighted by Gasteiger charge is 2.49. The van der Waals surface area contributed by atoms with Crippen LogP contribution in [0.25, 0.3) is 0 Å². The molecule has 0 spiro atoms. The first-order valence-electron chi connectivity index (χ1n) is 7.27. The quantitative estimate of drug-likeness (QED) is 0.801. The number of thioether (sulfide) groups is 1. The minimum Gasteiger partial charge on any atom is -0.339 e. The smallest absolute Gasteiger partial charge is 0.252 e. The third-order valence-electron chi connectivity index (χ3n) is 3.98. The molecule has 0 fully saturated rings. The van der Waals surface area contributed by atoms with E-state index in [0.717, 1.165) is 15.5 Å². The Morgan fingerprint density at radius 3 is 2.70 bits per heavy atom. The summed E-state index contributed by atoms with van der Waals surface area (Å²) in [4.78, 5) is 31.1. The molecule has 0 aliphatic carbocycles. The van der Waals surface area contributed by atoms with Gasteiger partial charge < -0.3 is 9.80 Å². The van der Waals surface area contributed by atoms with Crippen molar-refractivity contribution < 1.29 is 9.59 Å². The summed E-state index contributed by atoms with van der Waals surface area (Å²) in [7, 11) is 3.48. The van der Waals surface area contributed by atoms with Crippen molar-refractivity contribution in [2.45, 2.75) is 23.1 Å². The van der Waals surface area contributed by atoms with Crippen LogP contribution in [0.3, 0.4) is 0 Å². The van der Waals surface area contributed by atoms with Crippen LogP contribution in [0.4, 0.5) is 5.69 Å². The van der Waals surface area contributed by atoms with Gasteiger partial charge in [0.1, 0.15) is 0 Å². The maximum Gasteiger partial charge on any atom is 0.252 e. The molecule has 2 aromatic rings. The molecule has 4 nitrogen and oxygen atoms in total. The zero-order valence-corrected chi connectivity index (χ0v) is 14.9. The average molecular weight is 346 g/mol. The highest BCUT2D eigenvalue weighted by Crippen LogP contribution is 2.45. The lowest BCUT2D eigenvalue weighted by atomic mass is 10.1. The van der Waals surface area contributed by atoms with Crippen LogP contribution in [0, 0.1) is 0 Å². The van der Waals surface area contributed by atoms with Gasteiger partial charge in [0.25, 0.3) is 5.91 Å². The largest absolute Gasteiger partial charge is 0.339 e. The average Bonchev–Trinajstić information content (AvgIpc) is 3.05. The number of nitrogens with zero attached hydrogens (tertiary/aromatic N) is 2. The number of amides is 2. The molecule has 0 radical (unpaired) electrons. The molecule has 6 heteroatoms. The third-order valence-corrected chi connectivity index (χ3v) is 6.17. The van der Waals surface area contributed by atoms with Gasteiger partial charge >= 0.3 is 0 Å². The van der Waals surface area contributed by atoms with Gasteiger partial charge in [0, 0.05) is 23.9 Å². The van der Waals surface area contributed by atoms with E-state index in [2.05, 4.69) is 0 Å². The van der Waals surface area contributed by atoms with Crippen molar-refractivity contribution in [3.05, 3.63) is 46.7 Å². The van der Waals surface area contributed by atoms with Crippen molar-refractivity contribution in [3.8, 4) is 0 Å². The summed E-state index contributed by atoms with van der Waals surface area (Å²) in [6.45, 7) is 2.24. The highest BCUT2D eigenvalue weighted by molar-refractivity contribution is 8.02. The summed E-state index contributed by atoms with van der Waals surface area (Å²) in [6.07, 6.45) is 0. The van der Waals surface area contributed by atoms with Gasteiger partial charge in [0.15, 0.2) is 4.75 Å². The molecular formula is C17H18N2O2S2.